The highest BCUT2D eigenvalue weighted by atomic mass is 16.4. The van der Waals surface area contributed by atoms with Gasteiger partial charge in [-0.1, -0.05) is 34.6 Å². The molecule has 0 aromatic rings. The third kappa shape index (κ3) is 2.35. The molecule has 3 nitrogen and oxygen atoms in total. The van der Waals surface area contributed by atoms with Crippen LogP contribution in [0.2, 0.25) is 0 Å². The third-order valence-electron chi connectivity index (χ3n) is 4.94. The Balaban J connectivity index is 2.89. The summed E-state index contributed by atoms with van der Waals surface area (Å²) in [5.74, 6) is -0.155. The number of carboxylic acids is 1. The van der Waals surface area contributed by atoms with Crippen LogP contribution in [0.15, 0.2) is 0 Å². The molecular weight excluding hydrogens is 214 g/mol. The van der Waals surface area contributed by atoms with Gasteiger partial charge in [-0.05, 0) is 41.5 Å². The zero-order valence-electron chi connectivity index (χ0n) is 11.8. The molecule has 0 aliphatic heterocycles. The molecule has 1 fully saturated rings. The van der Waals surface area contributed by atoms with E-state index in [0.29, 0.717) is 12.5 Å². The van der Waals surface area contributed by atoms with Gasteiger partial charge in [0.2, 0.25) is 0 Å². The summed E-state index contributed by atoms with van der Waals surface area (Å²) in [5, 5.41) is 9.00. The van der Waals surface area contributed by atoms with E-state index in [1.54, 1.807) is 0 Å². The molecule has 1 rings (SSSR count). The molecule has 0 atom stereocenters. The second-order valence-electron chi connectivity index (χ2n) is 7.19. The van der Waals surface area contributed by atoms with E-state index in [1.165, 1.54) is 0 Å². The monoisotopic (exact) mass is 241 g/mol. The van der Waals surface area contributed by atoms with Gasteiger partial charge in [-0.3, -0.25) is 4.79 Å². The summed E-state index contributed by atoms with van der Waals surface area (Å²) in [6, 6.07) is 0. The van der Waals surface area contributed by atoms with Gasteiger partial charge in [-0.2, -0.15) is 0 Å². The molecule has 3 N–H and O–H groups in total. The number of rotatable bonds is 4. The smallest absolute Gasteiger partial charge is 0.303 e. The molecular formula is C14H27NO2. The summed E-state index contributed by atoms with van der Waals surface area (Å²) in [5.41, 5.74) is 6.10. The Morgan fingerprint density at radius 1 is 1.35 bits per heavy atom. The Labute approximate surface area is 105 Å². The Hall–Kier alpha value is -0.570. The molecule has 0 heterocycles. The fourth-order valence-electron chi connectivity index (χ4n) is 3.75. The van der Waals surface area contributed by atoms with Crippen molar-refractivity contribution in [2.75, 3.05) is 6.54 Å². The van der Waals surface area contributed by atoms with Gasteiger partial charge in [0.1, 0.15) is 0 Å². The minimum atomic E-state index is -0.721. The number of carbonyl (C=O) groups is 1. The first-order chi connectivity index (χ1) is 7.58. The van der Waals surface area contributed by atoms with E-state index in [-0.39, 0.29) is 22.7 Å². The molecule has 1 aliphatic rings. The van der Waals surface area contributed by atoms with Crippen LogP contribution >= 0.6 is 0 Å². The summed E-state index contributed by atoms with van der Waals surface area (Å²) in [6.45, 7) is 11.7. The maximum Gasteiger partial charge on any atom is 0.303 e. The van der Waals surface area contributed by atoms with Crippen molar-refractivity contribution in [2.24, 2.45) is 27.9 Å². The van der Waals surface area contributed by atoms with Crippen molar-refractivity contribution < 1.29 is 9.90 Å². The highest BCUT2D eigenvalue weighted by molar-refractivity contribution is 5.68. The Kier molecular flexibility index (Phi) is 3.64. The average Bonchev–Trinajstić information content (AvgIpc) is 2.07. The molecule has 0 saturated heterocycles. The molecule has 0 radical (unpaired) electrons. The van der Waals surface area contributed by atoms with E-state index in [2.05, 4.69) is 34.6 Å². The van der Waals surface area contributed by atoms with E-state index in [9.17, 15) is 4.79 Å². The van der Waals surface area contributed by atoms with Crippen molar-refractivity contribution in [2.45, 2.75) is 53.9 Å². The van der Waals surface area contributed by atoms with Crippen LogP contribution in [-0.4, -0.2) is 17.6 Å². The van der Waals surface area contributed by atoms with Crippen LogP contribution < -0.4 is 5.73 Å². The zero-order valence-corrected chi connectivity index (χ0v) is 11.8. The van der Waals surface area contributed by atoms with Crippen LogP contribution in [0.25, 0.3) is 0 Å². The van der Waals surface area contributed by atoms with Crippen LogP contribution in [-0.2, 0) is 4.79 Å². The van der Waals surface area contributed by atoms with E-state index in [4.69, 9.17) is 10.8 Å². The first-order valence-corrected chi connectivity index (χ1v) is 6.50. The van der Waals surface area contributed by atoms with Gasteiger partial charge >= 0.3 is 5.97 Å². The molecule has 0 spiro atoms. The van der Waals surface area contributed by atoms with Crippen LogP contribution in [0, 0.1) is 22.2 Å². The molecule has 100 valence electrons. The van der Waals surface area contributed by atoms with Crippen molar-refractivity contribution in [3.05, 3.63) is 0 Å². The molecule has 17 heavy (non-hydrogen) atoms. The highest BCUT2D eigenvalue weighted by Gasteiger charge is 2.60. The summed E-state index contributed by atoms with van der Waals surface area (Å²) >= 11 is 0. The lowest BCUT2D eigenvalue weighted by molar-refractivity contribution is -0.164. The van der Waals surface area contributed by atoms with Gasteiger partial charge in [0.25, 0.3) is 0 Å². The summed E-state index contributed by atoms with van der Waals surface area (Å²) in [7, 11) is 0. The SMILES string of the molecule is CC(C)[C@]1(C(C)(C)C)C[C@@](CN)(CC(=O)O)C1. The third-order valence-corrected chi connectivity index (χ3v) is 4.94. The second-order valence-corrected chi connectivity index (χ2v) is 7.19. The first-order valence-electron chi connectivity index (χ1n) is 6.50. The number of hydrogen-bond donors (Lipinski definition) is 2. The number of hydrogen-bond acceptors (Lipinski definition) is 2. The molecule has 0 amide bonds. The molecule has 3 heteroatoms. The predicted octanol–water partition coefficient (Wildman–Crippen LogP) is 2.89. The number of aliphatic carboxylic acids is 1. The summed E-state index contributed by atoms with van der Waals surface area (Å²) < 4.78 is 0. The summed E-state index contributed by atoms with van der Waals surface area (Å²) in [4.78, 5) is 10.9. The Bertz CT molecular complexity index is 296. The molecule has 1 saturated carbocycles. The lowest BCUT2D eigenvalue weighted by Crippen LogP contribution is -2.59. The fraction of sp³-hybridized carbons (Fsp3) is 0.929. The van der Waals surface area contributed by atoms with E-state index < -0.39 is 5.97 Å². The number of nitrogens with two attached hydrogens (primary N) is 1. The quantitative estimate of drug-likeness (QED) is 0.795. The minimum Gasteiger partial charge on any atom is -0.481 e. The van der Waals surface area contributed by atoms with Crippen LogP contribution in [0.5, 0.6) is 0 Å². The maximum atomic E-state index is 10.9. The van der Waals surface area contributed by atoms with E-state index in [1.807, 2.05) is 0 Å². The molecule has 0 aromatic heterocycles. The van der Waals surface area contributed by atoms with Gasteiger partial charge in [0.15, 0.2) is 0 Å². The van der Waals surface area contributed by atoms with Gasteiger partial charge < -0.3 is 10.8 Å². The maximum absolute atomic E-state index is 10.9. The molecule has 1 aliphatic carbocycles. The van der Waals surface area contributed by atoms with Gasteiger partial charge in [0, 0.05) is 0 Å². The minimum absolute atomic E-state index is 0.163. The predicted molar refractivity (Wildman–Crippen MR) is 69.7 cm³/mol. The van der Waals surface area contributed by atoms with Gasteiger partial charge in [-0.15, -0.1) is 0 Å². The van der Waals surface area contributed by atoms with Gasteiger partial charge in [0.05, 0.1) is 6.42 Å². The van der Waals surface area contributed by atoms with E-state index >= 15 is 0 Å². The topological polar surface area (TPSA) is 63.3 Å². The van der Waals surface area contributed by atoms with Crippen LogP contribution in [0.4, 0.5) is 0 Å². The lowest BCUT2D eigenvalue weighted by Gasteiger charge is -2.64. The zero-order chi connectivity index (χ0) is 13.5. The largest absolute Gasteiger partial charge is 0.481 e. The van der Waals surface area contributed by atoms with Crippen LogP contribution in [0.1, 0.15) is 53.9 Å². The van der Waals surface area contributed by atoms with Crippen molar-refractivity contribution in [3.63, 3.8) is 0 Å². The Morgan fingerprint density at radius 2 is 1.82 bits per heavy atom. The van der Waals surface area contributed by atoms with Crippen molar-refractivity contribution >= 4 is 5.97 Å². The molecule has 0 aromatic carbocycles. The summed E-state index contributed by atoms with van der Waals surface area (Å²) in [6.07, 6.45) is 2.11. The normalized spacial score (nSPS) is 33.6. The van der Waals surface area contributed by atoms with Crippen molar-refractivity contribution in [1.29, 1.82) is 0 Å². The molecule has 0 bridgehead atoms. The van der Waals surface area contributed by atoms with Crippen molar-refractivity contribution in [3.8, 4) is 0 Å². The lowest BCUT2D eigenvalue weighted by atomic mass is 9.41. The standard InChI is InChI=1S/C14H27NO2/c1-10(2)14(12(3,4)5)7-13(8-14,9-15)6-11(16)17/h10H,6-9,15H2,1-5H3,(H,16,17)/t13-,14-. The van der Waals surface area contributed by atoms with Gasteiger partial charge in [-0.25, -0.2) is 0 Å². The highest BCUT2D eigenvalue weighted by Crippen LogP contribution is 2.66. The fourth-order valence-corrected chi connectivity index (χ4v) is 3.75. The Morgan fingerprint density at radius 3 is 2.06 bits per heavy atom. The first kappa shape index (κ1) is 14.5. The van der Waals surface area contributed by atoms with Crippen molar-refractivity contribution in [1.82, 2.24) is 0 Å². The average molecular weight is 241 g/mol. The molecule has 0 unspecified atom stereocenters. The van der Waals surface area contributed by atoms with Crippen LogP contribution in [0.3, 0.4) is 0 Å². The van der Waals surface area contributed by atoms with E-state index in [0.717, 1.165) is 12.8 Å². The second kappa shape index (κ2) is 4.27. The number of carboxylic acid groups (broad SMARTS) is 1.